The van der Waals surface area contributed by atoms with Gasteiger partial charge >= 0.3 is 0 Å². The molecular weight excluding hydrogens is 124 g/mol. The van der Waals surface area contributed by atoms with Gasteiger partial charge in [-0.15, -0.1) is 0 Å². The van der Waals surface area contributed by atoms with Crippen LogP contribution in [0, 0.1) is 11.8 Å². The largest absolute Gasteiger partial charge is 0.303 e. The van der Waals surface area contributed by atoms with Crippen LogP contribution in [0.15, 0.2) is 0 Å². The minimum atomic E-state index is 0.295. The summed E-state index contributed by atoms with van der Waals surface area (Å²) in [6, 6.07) is 0. The molecule has 0 N–H and O–H groups in total. The summed E-state index contributed by atoms with van der Waals surface area (Å²) in [4.78, 5) is 10.3. The lowest BCUT2D eigenvalue weighted by atomic mass is 9.96. The second-order valence-electron chi connectivity index (χ2n) is 3.50. The van der Waals surface area contributed by atoms with Gasteiger partial charge in [-0.25, -0.2) is 0 Å². The monoisotopic (exact) mass is 140 g/mol. The molecule has 1 fully saturated rings. The van der Waals surface area contributed by atoms with Crippen LogP contribution in [0.3, 0.4) is 0 Å². The fraction of sp³-hybridized carbons (Fsp3) is 0.889. The van der Waals surface area contributed by atoms with Crippen LogP contribution in [0.1, 0.15) is 39.0 Å². The van der Waals surface area contributed by atoms with Gasteiger partial charge < -0.3 is 4.79 Å². The average molecular weight is 140 g/mol. The van der Waals surface area contributed by atoms with Crippen LogP contribution in [0.4, 0.5) is 0 Å². The molecule has 1 atom stereocenters. The first-order chi connectivity index (χ1) is 4.83. The van der Waals surface area contributed by atoms with Gasteiger partial charge in [-0.1, -0.05) is 32.6 Å². The first-order valence-corrected chi connectivity index (χ1v) is 4.28. The predicted molar refractivity (Wildman–Crippen MR) is 41.8 cm³/mol. The Bertz CT molecular complexity index is 103. The van der Waals surface area contributed by atoms with Gasteiger partial charge in [-0.05, 0) is 12.3 Å². The molecule has 0 aliphatic heterocycles. The van der Waals surface area contributed by atoms with Crippen molar-refractivity contribution >= 4 is 6.29 Å². The van der Waals surface area contributed by atoms with Gasteiger partial charge in [0, 0.05) is 5.92 Å². The van der Waals surface area contributed by atoms with E-state index >= 15 is 0 Å². The molecule has 1 nitrogen and oxygen atoms in total. The summed E-state index contributed by atoms with van der Waals surface area (Å²) in [5.41, 5.74) is 0. The van der Waals surface area contributed by atoms with Crippen LogP contribution in [-0.4, -0.2) is 6.29 Å². The molecule has 58 valence electrons. The van der Waals surface area contributed by atoms with Gasteiger partial charge in [0.2, 0.25) is 0 Å². The highest BCUT2D eigenvalue weighted by molar-refractivity contribution is 5.52. The van der Waals surface area contributed by atoms with Gasteiger partial charge in [-0.2, -0.15) is 0 Å². The van der Waals surface area contributed by atoms with Crippen molar-refractivity contribution in [1.29, 1.82) is 0 Å². The maximum absolute atomic E-state index is 10.3. The summed E-state index contributed by atoms with van der Waals surface area (Å²) in [5.74, 6) is 1.16. The molecular formula is C9H16O. The van der Waals surface area contributed by atoms with Crippen LogP contribution in [0.2, 0.25) is 0 Å². The van der Waals surface area contributed by atoms with Crippen molar-refractivity contribution in [2.45, 2.75) is 39.0 Å². The normalized spacial score (nSPS) is 22.9. The Hall–Kier alpha value is -0.330. The molecule has 0 aromatic heterocycles. The highest BCUT2D eigenvalue weighted by Crippen LogP contribution is 2.29. The van der Waals surface area contributed by atoms with E-state index in [1.807, 2.05) is 6.92 Å². The van der Waals surface area contributed by atoms with Crippen molar-refractivity contribution < 1.29 is 4.79 Å². The number of aldehydes is 1. The number of hydrogen-bond donors (Lipinski definition) is 0. The van der Waals surface area contributed by atoms with Crippen LogP contribution >= 0.6 is 0 Å². The third kappa shape index (κ3) is 2.13. The summed E-state index contributed by atoms with van der Waals surface area (Å²) < 4.78 is 0. The Morgan fingerprint density at radius 2 is 2.10 bits per heavy atom. The zero-order chi connectivity index (χ0) is 7.40. The Balaban J connectivity index is 2.17. The lowest BCUT2D eigenvalue weighted by Gasteiger charge is -2.09. The van der Waals surface area contributed by atoms with E-state index in [-0.39, 0.29) is 0 Å². The summed E-state index contributed by atoms with van der Waals surface area (Å²) in [7, 11) is 0. The summed E-state index contributed by atoms with van der Waals surface area (Å²) >= 11 is 0. The topological polar surface area (TPSA) is 17.1 Å². The van der Waals surface area contributed by atoms with Crippen molar-refractivity contribution in [3.8, 4) is 0 Å². The molecule has 10 heavy (non-hydrogen) atoms. The number of hydrogen-bond acceptors (Lipinski definition) is 1. The van der Waals surface area contributed by atoms with Crippen LogP contribution in [-0.2, 0) is 4.79 Å². The molecule has 0 saturated heterocycles. The standard InChI is InChI=1S/C9H16O/c1-8(7-10)6-9-4-2-3-5-9/h7-9H,2-6H2,1H3. The molecule has 1 aliphatic rings. The number of carbonyl (C=O) groups excluding carboxylic acids is 1. The van der Waals surface area contributed by atoms with Crippen molar-refractivity contribution in [2.75, 3.05) is 0 Å². The van der Waals surface area contributed by atoms with Crippen molar-refractivity contribution in [3.63, 3.8) is 0 Å². The van der Waals surface area contributed by atoms with Gasteiger partial charge in [0.1, 0.15) is 6.29 Å². The van der Waals surface area contributed by atoms with Crippen LogP contribution in [0.5, 0.6) is 0 Å². The van der Waals surface area contributed by atoms with E-state index in [0.29, 0.717) is 5.92 Å². The number of rotatable bonds is 3. The maximum atomic E-state index is 10.3. The highest BCUT2D eigenvalue weighted by Gasteiger charge is 2.16. The molecule has 0 radical (unpaired) electrons. The quantitative estimate of drug-likeness (QED) is 0.550. The van der Waals surface area contributed by atoms with E-state index in [1.54, 1.807) is 0 Å². The molecule has 1 rings (SSSR count). The molecule has 1 aliphatic carbocycles. The smallest absolute Gasteiger partial charge is 0.122 e. The molecule has 1 heteroatoms. The fourth-order valence-electron chi connectivity index (χ4n) is 1.83. The minimum Gasteiger partial charge on any atom is -0.303 e. The van der Waals surface area contributed by atoms with E-state index in [9.17, 15) is 4.79 Å². The zero-order valence-electron chi connectivity index (χ0n) is 6.68. The van der Waals surface area contributed by atoms with E-state index in [4.69, 9.17) is 0 Å². The van der Waals surface area contributed by atoms with Crippen LogP contribution < -0.4 is 0 Å². The Labute approximate surface area is 62.8 Å². The van der Waals surface area contributed by atoms with E-state index < -0.39 is 0 Å². The summed E-state index contributed by atoms with van der Waals surface area (Å²) in [6.45, 7) is 2.02. The molecule has 0 bridgehead atoms. The molecule has 0 aromatic rings. The van der Waals surface area contributed by atoms with Gasteiger partial charge in [0.05, 0.1) is 0 Å². The van der Waals surface area contributed by atoms with E-state index in [1.165, 1.54) is 25.7 Å². The molecule has 1 unspecified atom stereocenters. The number of carbonyl (C=O) groups is 1. The van der Waals surface area contributed by atoms with Gasteiger partial charge in [-0.3, -0.25) is 0 Å². The third-order valence-electron chi connectivity index (χ3n) is 2.41. The Morgan fingerprint density at radius 1 is 1.50 bits per heavy atom. The third-order valence-corrected chi connectivity index (χ3v) is 2.41. The lowest BCUT2D eigenvalue weighted by molar-refractivity contribution is -0.111. The highest BCUT2D eigenvalue weighted by atomic mass is 16.1. The lowest BCUT2D eigenvalue weighted by Crippen LogP contribution is -2.03. The molecule has 0 amide bonds. The first kappa shape index (κ1) is 7.77. The van der Waals surface area contributed by atoms with Crippen LogP contribution in [0.25, 0.3) is 0 Å². The SMILES string of the molecule is CC(C=O)CC1CCCC1. The Morgan fingerprint density at radius 3 is 2.60 bits per heavy atom. The van der Waals surface area contributed by atoms with Crippen molar-refractivity contribution in [1.82, 2.24) is 0 Å². The van der Waals surface area contributed by atoms with Gasteiger partial charge in [0.15, 0.2) is 0 Å². The van der Waals surface area contributed by atoms with E-state index in [2.05, 4.69) is 0 Å². The summed E-state index contributed by atoms with van der Waals surface area (Å²) in [6.07, 6.45) is 7.70. The van der Waals surface area contributed by atoms with Crippen molar-refractivity contribution in [3.05, 3.63) is 0 Å². The first-order valence-electron chi connectivity index (χ1n) is 4.28. The van der Waals surface area contributed by atoms with Gasteiger partial charge in [0.25, 0.3) is 0 Å². The van der Waals surface area contributed by atoms with E-state index in [0.717, 1.165) is 18.6 Å². The van der Waals surface area contributed by atoms with Crippen molar-refractivity contribution in [2.24, 2.45) is 11.8 Å². The predicted octanol–water partition coefficient (Wildman–Crippen LogP) is 2.40. The maximum Gasteiger partial charge on any atom is 0.122 e. The molecule has 1 saturated carbocycles. The minimum absolute atomic E-state index is 0.295. The molecule has 0 aromatic carbocycles. The second kappa shape index (κ2) is 3.75. The fourth-order valence-corrected chi connectivity index (χ4v) is 1.83. The summed E-state index contributed by atoms with van der Waals surface area (Å²) in [5, 5.41) is 0. The zero-order valence-corrected chi connectivity index (χ0v) is 6.68. The molecule has 0 spiro atoms. The molecule has 0 heterocycles. The Kier molecular flexibility index (Phi) is 2.91. The average Bonchev–Trinajstić information content (AvgIpc) is 2.40. The second-order valence-corrected chi connectivity index (χ2v) is 3.50.